The summed E-state index contributed by atoms with van der Waals surface area (Å²) in [5.41, 5.74) is 1.52. The van der Waals surface area contributed by atoms with E-state index in [0.29, 0.717) is 40.4 Å². The van der Waals surface area contributed by atoms with Crippen molar-refractivity contribution in [3.05, 3.63) is 0 Å². The van der Waals surface area contributed by atoms with Crippen LogP contribution in [0.25, 0.3) is 0 Å². The quantitative estimate of drug-likeness (QED) is 0.424. The van der Waals surface area contributed by atoms with Gasteiger partial charge in [0.05, 0.1) is 25.7 Å². The fourth-order valence-corrected chi connectivity index (χ4v) is 12.2. The first-order chi connectivity index (χ1) is 16.8. The van der Waals surface area contributed by atoms with Crippen molar-refractivity contribution >= 4 is 11.9 Å². The molecular formula is C31H48O5. The maximum absolute atomic E-state index is 12.0. The zero-order chi connectivity index (χ0) is 25.9. The van der Waals surface area contributed by atoms with E-state index in [1.165, 1.54) is 45.6 Å². The number of carbonyl (C=O) groups excluding carboxylic acids is 2. The largest absolute Gasteiger partial charge is 0.469 e. The number of esters is 2. The second-order valence-electron chi connectivity index (χ2n) is 15.0. The van der Waals surface area contributed by atoms with Crippen molar-refractivity contribution in [1.82, 2.24) is 0 Å². The van der Waals surface area contributed by atoms with Crippen LogP contribution in [-0.4, -0.2) is 37.4 Å². The Morgan fingerprint density at radius 2 is 1.64 bits per heavy atom. The molecule has 6 rings (SSSR count). The highest BCUT2D eigenvalue weighted by Crippen LogP contribution is 2.89. The molecule has 5 saturated carbocycles. The lowest BCUT2D eigenvalue weighted by atomic mass is 9.41. The molecule has 36 heavy (non-hydrogen) atoms. The minimum atomic E-state index is -0.150. The Balaban J connectivity index is 1.29. The van der Waals surface area contributed by atoms with Gasteiger partial charge in [-0.1, -0.05) is 34.6 Å². The van der Waals surface area contributed by atoms with Gasteiger partial charge in [-0.05, 0) is 103 Å². The number of carbonyl (C=O) groups is 2. The summed E-state index contributed by atoms with van der Waals surface area (Å²) in [5.74, 6) is 2.27. The van der Waals surface area contributed by atoms with Crippen LogP contribution in [0, 0.1) is 50.7 Å². The Labute approximate surface area is 217 Å². The van der Waals surface area contributed by atoms with Gasteiger partial charge in [0.2, 0.25) is 0 Å². The van der Waals surface area contributed by atoms with Gasteiger partial charge in [-0.2, -0.15) is 0 Å². The predicted octanol–water partition coefficient (Wildman–Crippen LogP) is 6.32. The molecule has 2 spiro atoms. The molecule has 6 aliphatic rings. The fourth-order valence-electron chi connectivity index (χ4n) is 12.2. The number of methoxy groups -OCH3 is 1. The lowest BCUT2D eigenvalue weighted by Crippen LogP contribution is -2.58. The maximum Gasteiger partial charge on any atom is 0.308 e. The third kappa shape index (κ3) is 2.99. The summed E-state index contributed by atoms with van der Waals surface area (Å²) in [6.07, 6.45) is 11.7. The molecule has 1 saturated heterocycles. The predicted molar refractivity (Wildman–Crippen MR) is 137 cm³/mol. The normalized spacial score (nSPS) is 54.1. The Hall–Kier alpha value is -1.10. The number of hydrogen-bond acceptors (Lipinski definition) is 5. The highest BCUT2D eigenvalue weighted by molar-refractivity contribution is 5.69. The molecule has 0 aromatic rings. The van der Waals surface area contributed by atoms with Crippen LogP contribution >= 0.6 is 0 Å². The molecule has 3 unspecified atom stereocenters. The van der Waals surface area contributed by atoms with Crippen molar-refractivity contribution in [2.75, 3.05) is 7.11 Å². The molecule has 5 aliphatic carbocycles. The molecule has 0 aromatic carbocycles. The van der Waals surface area contributed by atoms with Gasteiger partial charge in [0, 0.05) is 12.3 Å². The Morgan fingerprint density at radius 3 is 2.33 bits per heavy atom. The van der Waals surface area contributed by atoms with Crippen LogP contribution in [0.1, 0.15) is 106 Å². The Morgan fingerprint density at radius 1 is 0.944 bits per heavy atom. The van der Waals surface area contributed by atoms with E-state index in [9.17, 15) is 9.59 Å². The smallest absolute Gasteiger partial charge is 0.308 e. The molecule has 5 heteroatoms. The van der Waals surface area contributed by atoms with Gasteiger partial charge in [-0.3, -0.25) is 9.59 Å². The molecular weight excluding hydrogens is 452 g/mol. The second-order valence-corrected chi connectivity index (χ2v) is 15.0. The van der Waals surface area contributed by atoms with Crippen LogP contribution in [0.15, 0.2) is 0 Å². The Kier molecular flexibility index (Phi) is 5.41. The van der Waals surface area contributed by atoms with Crippen LogP contribution in [-0.2, 0) is 23.8 Å². The molecule has 11 atom stereocenters. The highest BCUT2D eigenvalue weighted by Gasteiger charge is 2.83. The lowest BCUT2D eigenvalue weighted by molar-refractivity contribution is -0.183. The van der Waals surface area contributed by atoms with Gasteiger partial charge in [-0.15, -0.1) is 0 Å². The van der Waals surface area contributed by atoms with Crippen LogP contribution < -0.4 is 0 Å². The summed E-state index contributed by atoms with van der Waals surface area (Å²) in [6.45, 7) is 14.0. The van der Waals surface area contributed by atoms with Crippen LogP contribution in [0.3, 0.4) is 0 Å². The molecule has 1 heterocycles. The molecule has 0 N–H and O–H groups in total. The number of fused-ring (bicyclic) bond motifs is 4. The van der Waals surface area contributed by atoms with E-state index < -0.39 is 0 Å². The zero-order valence-corrected chi connectivity index (χ0v) is 23.7. The maximum atomic E-state index is 12.0. The van der Waals surface area contributed by atoms with E-state index in [4.69, 9.17) is 14.2 Å². The first-order valence-corrected chi connectivity index (χ1v) is 14.7. The van der Waals surface area contributed by atoms with E-state index in [2.05, 4.69) is 34.6 Å². The summed E-state index contributed by atoms with van der Waals surface area (Å²) >= 11 is 0. The summed E-state index contributed by atoms with van der Waals surface area (Å²) in [7, 11) is 1.48. The molecule has 5 nitrogen and oxygen atoms in total. The lowest BCUT2D eigenvalue weighted by Gasteiger charge is -2.63. The van der Waals surface area contributed by atoms with Gasteiger partial charge in [0.25, 0.3) is 0 Å². The van der Waals surface area contributed by atoms with Gasteiger partial charge < -0.3 is 14.2 Å². The van der Waals surface area contributed by atoms with Crippen LogP contribution in [0.2, 0.25) is 0 Å². The molecule has 0 aromatic heterocycles. The molecule has 0 amide bonds. The minimum absolute atomic E-state index is 0.00429. The minimum Gasteiger partial charge on any atom is -0.469 e. The van der Waals surface area contributed by atoms with Crippen molar-refractivity contribution in [2.45, 2.75) is 124 Å². The third-order valence-electron chi connectivity index (χ3n) is 13.6. The van der Waals surface area contributed by atoms with Crippen molar-refractivity contribution < 1.29 is 23.8 Å². The van der Waals surface area contributed by atoms with E-state index >= 15 is 0 Å². The average molecular weight is 501 g/mol. The molecule has 1 aliphatic heterocycles. The van der Waals surface area contributed by atoms with Crippen LogP contribution in [0.4, 0.5) is 0 Å². The monoisotopic (exact) mass is 500 g/mol. The zero-order valence-electron chi connectivity index (χ0n) is 23.7. The highest BCUT2D eigenvalue weighted by atomic mass is 16.5. The standard InChI is InChI=1S/C31H48O5/c1-18-14-20(15-25(33)34-7)36-21-16-29(6)23-9-8-22-27(3,4)24(35-19(2)32)10-11-30(22)17-31(23,30)13-12-28(29,5)26(18)21/h18,20-24,26H,8-17H2,1-7H3/t18-,20?,21+,22+,23?,24?,26+,28-,29+,30-,31+/m1/s1. The van der Waals surface area contributed by atoms with Gasteiger partial charge in [0.1, 0.15) is 6.10 Å². The Bertz CT molecular complexity index is 959. The van der Waals surface area contributed by atoms with Crippen molar-refractivity contribution in [3.63, 3.8) is 0 Å². The molecule has 6 fully saturated rings. The van der Waals surface area contributed by atoms with E-state index in [-0.39, 0.29) is 41.1 Å². The van der Waals surface area contributed by atoms with Crippen LogP contribution in [0.5, 0.6) is 0 Å². The second kappa shape index (κ2) is 7.73. The van der Waals surface area contributed by atoms with Gasteiger partial charge >= 0.3 is 11.9 Å². The number of hydrogen-bond donors (Lipinski definition) is 0. The third-order valence-corrected chi connectivity index (χ3v) is 13.6. The van der Waals surface area contributed by atoms with E-state index in [1.54, 1.807) is 6.92 Å². The molecule has 0 radical (unpaired) electrons. The summed E-state index contributed by atoms with van der Waals surface area (Å²) in [5, 5.41) is 0. The van der Waals surface area contributed by atoms with E-state index in [0.717, 1.165) is 25.2 Å². The van der Waals surface area contributed by atoms with Gasteiger partial charge in [-0.25, -0.2) is 0 Å². The van der Waals surface area contributed by atoms with Gasteiger partial charge in [0.15, 0.2) is 0 Å². The van der Waals surface area contributed by atoms with E-state index in [1.807, 2.05) is 0 Å². The summed E-state index contributed by atoms with van der Waals surface area (Å²) < 4.78 is 17.6. The van der Waals surface area contributed by atoms with Crippen molar-refractivity contribution in [3.8, 4) is 0 Å². The topological polar surface area (TPSA) is 61.8 Å². The SMILES string of the molecule is COC(=O)CC1C[C@@H](C)[C@H]2[C@H](C[C@@]3(C)C4CC[C@H]5C(C)(C)C(OC(C)=O)CC[C@@]56C[C@@]46CC[C@]23C)O1. The molecule has 0 bridgehead atoms. The average Bonchev–Trinajstić information content (AvgIpc) is 3.39. The van der Waals surface area contributed by atoms with Crippen molar-refractivity contribution in [1.29, 1.82) is 0 Å². The van der Waals surface area contributed by atoms with Crippen molar-refractivity contribution in [2.24, 2.45) is 50.7 Å². The number of ether oxygens (including phenoxy) is 3. The fraction of sp³-hybridized carbons (Fsp3) is 0.935. The number of rotatable bonds is 3. The molecule has 202 valence electrons. The summed E-state index contributed by atoms with van der Waals surface area (Å²) in [6, 6.07) is 0. The summed E-state index contributed by atoms with van der Waals surface area (Å²) in [4.78, 5) is 23.9. The first-order valence-electron chi connectivity index (χ1n) is 14.7. The first kappa shape index (κ1) is 25.2.